The number of ether oxygens (including phenoxy) is 1. The van der Waals surface area contributed by atoms with Gasteiger partial charge in [0, 0.05) is 12.3 Å². The highest BCUT2D eigenvalue weighted by atomic mass is 16.5. The van der Waals surface area contributed by atoms with E-state index in [-0.39, 0.29) is 6.29 Å². The van der Waals surface area contributed by atoms with Crippen molar-refractivity contribution in [2.24, 2.45) is 0 Å². The summed E-state index contributed by atoms with van der Waals surface area (Å²) in [7, 11) is 0. The molecule has 8 heteroatoms. The summed E-state index contributed by atoms with van der Waals surface area (Å²) in [5.74, 6) is 0. The van der Waals surface area contributed by atoms with E-state index in [2.05, 4.69) is 0 Å². The van der Waals surface area contributed by atoms with E-state index in [9.17, 15) is 19.2 Å². The Labute approximate surface area is 94.5 Å². The van der Waals surface area contributed by atoms with Gasteiger partial charge in [-0.1, -0.05) is 0 Å². The van der Waals surface area contributed by atoms with Crippen LogP contribution >= 0.6 is 0 Å². The number of carbonyl (C=O) groups is 2. The van der Waals surface area contributed by atoms with E-state index < -0.39 is 30.2 Å². The molecule has 8 nitrogen and oxygen atoms in total. The smallest absolute Gasteiger partial charge is 0.330 e. The molecular weight excluding hydrogens is 232 g/mol. The van der Waals surface area contributed by atoms with Crippen molar-refractivity contribution in [1.29, 1.82) is 0 Å². The Morgan fingerprint density at radius 2 is 2.12 bits per heavy atom. The van der Waals surface area contributed by atoms with Gasteiger partial charge in [0.25, 0.3) is 5.56 Å². The lowest BCUT2D eigenvalue weighted by atomic mass is 10.4. The van der Waals surface area contributed by atoms with Crippen molar-refractivity contribution in [3.8, 4) is 0 Å². The SMILES string of the molecule is O=CC(CO)OC(C=O)n1ccc(=O)[nH]c1=O. The number of aliphatic hydroxyl groups is 1. The molecule has 0 aliphatic carbocycles. The number of aldehydes is 2. The molecule has 0 aliphatic rings. The number of aromatic amines is 1. The summed E-state index contributed by atoms with van der Waals surface area (Å²) in [5.41, 5.74) is -1.47. The van der Waals surface area contributed by atoms with Crippen molar-refractivity contribution < 1.29 is 19.4 Å². The summed E-state index contributed by atoms with van der Waals surface area (Å²) in [4.78, 5) is 45.2. The lowest BCUT2D eigenvalue weighted by Gasteiger charge is -2.16. The molecule has 2 N–H and O–H groups in total. The number of nitrogens with one attached hydrogen (secondary N) is 1. The molecule has 1 rings (SSSR count). The molecule has 0 aliphatic heterocycles. The monoisotopic (exact) mass is 242 g/mol. The molecule has 2 unspecified atom stereocenters. The molecule has 17 heavy (non-hydrogen) atoms. The first kappa shape index (κ1) is 13.0. The Morgan fingerprint density at radius 3 is 2.59 bits per heavy atom. The van der Waals surface area contributed by atoms with E-state index in [1.807, 2.05) is 4.98 Å². The predicted octanol–water partition coefficient (Wildman–Crippen LogP) is -2.19. The summed E-state index contributed by atoms with van der Waals surface area (Å²) in [6.07, 6.45) is -0.982. The lowest BCUT2D eigenvalue weighted by Crippen LogP contribution is -2.35. The van der Waals surface area contributed by atoms with Crippen LogP contribution in [0, 0.1) is 0 Å². The van der Waals surface area contributed by atoms with Gasteiger partial charge in [0.1, 0.15) is 6.10 Å². The minimum atomic E-state index is -1.39. The first-order valence-electron chi connectivity index (χ1n) is 4.60. The molecule has 0 spiro atoms. The third-order valence-corrected chi connectivity index (χ3v) is 1.89. The summed E-state index contributed by atoms with van der Waals surface area (Å²) >= 11 is 0. The van der Waals surface area contributed by atoms with E-state index in [1.165, 1.54) is 0 Å². The topological polar surface area (TPSA) is 118 Å². The highest BCUT2D eigenvalue weighted by Gasteiger charge is 2.17. The molecule has 0 bridgehead atoms. The van der Waals surface area contributed by atoms with Gasteiger partial charge < -0.3 is 14.6 Å². The average Bonchev–Trinajstić information content (AvgIpc) is 2.32. The quantitative estimate of drug-likeness (QED) is 0.547. The number of carbonyl (C=O) groups excluding carboxylic acids is 2. The molecule has 0 saturated carbocycles. The number of H-pyrrole nitrogens is 1. The molecule has 2 atom stereocenters. The molecule has 0 fully saturated rings. The zero-order chi connectivity index (χ0) is 12.8. The van der Waals surface area contributed by atoms with Crippen LogP contribution in [0.15, 0.2) is 21.9 Å². The standard InChI is InChI=1S/C9H10N2O6/c12-3-6(4-13)17-8(5-14)11-2-1-7(15)10-9(11)16/h1-3,5-6,8,13H,4H2,(H,10,15,16). The predicted molar refractivity (Wildman–Crippen MR) is 54.4 cm³/mol. The van der Waals surface area contributed by atoms with Crippen molar-refractivity contribution in [3.05, 3.63) is 33.1 Å². The van der Waals surface area contributed by atoms with Gasteiger partial charge in [0.15, 0.2) is 18.8 Å². The maximum absolute atomic E-state index is 11.3. The fourth-order valence-corrected chi connectivity index (χ4v) is 1.09. The van der Waals surface area contributed by atoms with Gasteiger partial charge in [-0.25, -0.2) is 4.79 Å². The number of hydrogen-bond donors (Lipinski definition) is 2. The van der Waals surface area contributed by atoms with Gasteiger partial charge in [0.05, 0.1) is 6.61 Å². The Bertz CT molecular complexity index is 505. The fraction of sp³-hybridized carbons (Fsp3) is 0.333. The van der Waals surface area contributed by atoms with Gasteiger partial charge in [-0.15, -0.1) is 0 Å². The van der Waals surface area contributed by atoms with Gasteiger partial charge >= 0.3 is 5.69 Å². The van der Waals surface area contributed by atoms with Crippen molar-refractivity contribution in [3.63, 3.8) is 0 Å². The maximum Gasteiger partial charge on any atom is 0.330 e. The molecular formula is C9H10N2O6. The van der Waals surface area contributed by atoms with E-state index in [1.54, 1.807) is 0 Å². The first-order chi connectivity index (χ1) is 8.12. The molecule has 0 radical (unpaired) electrons. The summed E-state index contributed by atoms with van der Waals surface area (Å²) < 4.78 is 5.65. The second kappa shape index (κ2) is 5.87. The molecule has 1 aromatic heterocycles. The van der Waals surface area contributed by atoms with Crippen LogP contribution in [0.5, 0.6) is 0 Å². The first-order valence-corrected chi connectivity index (χ1v) is 4.60. The summed E-state index contributed by atoms with van der Waals surface area (Å²) in [6.45, 7) is -0.619. The van der Waals surface area contributed by atoms with Crippen LogP contribution in [0.25, 0.3) is 0 Å². The highest BCUT2D eigenvalue weighted by molar-refractivity contribution is 5.58. The van der Waals surface area contributed by atoms with Crippen LogP contribution in [0.2, 0.25) is 0 Å². The molecule has 0 aromatic carbocycles. The minimum Gasteiger partial charge on any atom is -0.393 e. The van der Waals surface area contributed by atoms with Crippen molar-refractivity contribution in [2.75, 3.05) is 6.61 Å². The number of hydrogen-bond acceptors (Lipinski definition) is 6. The normalized spacial score (nSPS) is 13.9. The molecule has 1 aromatic rings. The minimum absolute atomic E-state index is 0.270. The van der Waals surface area contributed by atoms with Crippen molar-refractivity contribution in [1.82, 2.24) is 9.55 Å². The second-order valence-electron chi connectivity index (χ2n) is 3.04. The van der Waals surface area contributed by atoms with Crippen LogP contribution in [0.3, 0.4) is 0 Å². The van der Waals surface area contributed by atoms with E-state index >= 15 is 0 Å². The Kier molecular flexibility index (Phi) is 4.49. The number of rotatable bonds is 6. The largest absolute Gasteiger partial charge is 0.393 e. The van der Waals surface area contributed by atoms with Crippen LogP contribution in [0.1, 0.15) is 6.23 Å². The zero-order valence-electron chi connectivity index (χ0n) is 8.61. The van der Waals surface area contributed by atoms with E-state index in [0.29, 0.717) is 6.29 Å². The van der Waals surface area contributed by atoms with Crippen molar-refractivity contribution >= 4 is 12.6 Å². The fourth-order valence-electron chi connectivity index (χ4n) is 1.09. The van der Waals surface area contributed by atoms with Crippen LogP contribution in [-0.4, -0.2) is 39.9 Å². The van der Waals surface area contributed by atoms with Gasteiger partial charge in [-0.3, -0.25) is 19.1 Å². The third kappa shape index (κ3) is 3.20. The summed E-state index contributed by atoms with van der Waals surface area (Å²) in [6, 6.07) is 1.02. The lowest BCUT2D eigenvalue weighted by molar-refractivity contribution is -0.140. The van der Waals surface area contributed by atoms with E-state index in [0.717, 1.165) is 16.8 Å². The second-order valence-corrected chi connectivity index (χ2v) is 3.04. The molecule has 1 heterocycles. The highest BCUT2D eigenvalue weighted by Crippen LogP contribution is 2.04. The van der Waals surface area contributed by atoms with E-state index in [4.69, 9.17) is 9.84 Å². The number of aliphatic hydroxyl groups excluding tert-OH is 1. The Balaban J connectivity index is 3.01. The van der Waals surface area contributed by atoms with Gasteiger partial charge in [0.2, 0.25) is 0 Å². The molecule has 0 amide bonds. The van der Waals surface area contributed by atoms with Crippen LogP contribution in [0.4, 0.5) is 0 Å². The maximum atomic E-state index is 11.3. The average molecular weight is 242 g/mol. The van der Waals surface area contributed by atoms with Crippen molar-refractivity contribution in [2.45, 2.75) is 12.3 Å². The molecule has 92 valence electrons. The van der Waals surface area contributed by atoms with Gasteiger partial charge in [-0.05, 0) is 0 Å². The van der Waals surface area contributed by atoms with Gasteiger partial charge in [-0.2, -0.15) is 0 Å². The third-order valence-electron chi connectivity index (χ3n) is 1.89. The van der Waals surface area contributed by atoms with Crippen LogP contribution in [-0.2, 0) is 14.3 Å². The molecule has 0 saturated heterocycles. The number of aromatic nitrogens is 2. The number of nitrogens with zero attached hydrogens (tertiary/aromatic N) is 1. The Morgan fingerprint density at radius 1 is 1.41 bits per heavy atom. The Hall–Kier alpha value is -2.06. The van der Waals surface area contributed by atoms with Crippen LogP contribution < -0.4 is 11.2 Å². The summed E-state index contributed by atoms with van der Waals surface area (Å²) in [5, 5.41) is 8.71. The zero-order valence-corrected chi connectivity index (χ0v) is 8.61.